The maximum atomic E-state index is 12.2. The van der Waals surface area contributed by atoms with Crippen molar-refractivity contribution < 1.29 is 19.1 Å². The third-order valence-electron chi connectivity index (χ3n) is 4.58. The van der Waals surface area contributed by atoms with E-state index in [0.29, 0.717) is 30.2 Å². The second-order valence-corrected chi connectivity index (χ2v) is 6.75. The summed E-state index contributed by atoms with van der Waals surface area (Å²) < 4.78 is 11.0. The summed E-state index contributed by atoms with van der Waals surface area (Å²) >= 11 is 0. The SMILES string of the molecule is CCOc1ccccc1NC(=O)CNc1ccc(C(=O)NCC2CCCO2)cc1. The van der Waals surface area contributed by atoms with Crippen molar-refractivity contribution in [2.45, 2.75) is 25.9 Å². The molecule has 1 fully saturated rings. The van der Waals surface area contributed by atoms with Crippen LogP contribution in [0.1, 0.15) is 30.1 Å². The van der Waals surface area contributed by atoms with Crippen molar-refractivity contribution in [3.05, 3.63) is 54.1 Å². The van der Waals surface area contributed by atoms with E-state index in [-0.39, 0.29) is 24.5 Å². The molecule has 0 aromatic heterocycles. The third kappa shape index (κ3) is 6.22. The molecule has 0 spiro atoms. The summed E-state index contributed by atoms with van der Waals surface area (Å²) in [6.07, 6.45) is 2.15. The van der Waals surface area contributed by atoms with Gasteiger partial charge in [-0.05, 0) is 56.2 Å². The number of hydrogen-bond donors (Lipinski definition) is 3. The lowest BCUT2D eigenvalue weighted by Crippen LogP contribution is -2.31. The second-order valence-electron chi connectivity index (χ2n) is 6.75. The van der Waals surface area contributed by atoms with Crippen LogP contribution in [0.3, 0.4) is 0 Å². The molecule has 1 aliphatic rings. The fourth-order valence-electron chi connectivity index (χ4n) is 3.08. The Labute approximate surface area is 170 Å². The van der Waals surface area contributed by atoms with E-state index in [0.717, 1.165) is 25.1 Å². The lowest BCUT2D eigenvalue weighted by molar-refractivity contribution is -0.114. The molecule has 0 aliphatic carbocycles. The summed E-state index contributed by atoms with van der Waals surface area (Å²) in [7, 11) is 0. The summed E-state index contributed by atoms with van der Waals surface area (Å²) in [6.45, 7) is 3.82. The number of amides is 2. The number of rotatable bonds is 9. The van der Waals surface area contributed by atoms with Gasteiger partial charge in [-0.3, -0.25) is 9.59 Å². The zero-order chi connectivity index (χ0) is 20.5. The first-order valence-corrected chi connectivity index (χ1v) is 9.91. The monoisotopic (exact) mass is 397 g/mol. The molecule has 7 nitrogen and oxygen atoms in total. The van der Waals surface area contributed by atoms with Gasteiger partial charge in [0.1, 0.15) is 5.75 Å². The second kappa shape index (κ2) is 10.5. The summed E-state index contributed by atoms with van der Waals surface area (Å²) in [5.41, 5.74) is 1.97. The van der Waals surface area contributed by atoms with Gasteiger partial charge in [-0.15, -0.1) is 0 Å². The molecule has 2 amide bonds. The minimum absolute atomic E-state index is 0.102. The van der Waals surface area contributed by atoms with Crippen molar-refractivity contribution in [1.29, 1.82) is 0 Å². The Morgan fingerprint density at radius 3 is 2.66 bits per heavy atom. The van der Waals surface area contributed by atoms with E-state index >= 15 is 0 Å². The molecular weight excluding hydrogens is 370 g/mol. The van der Waals surface area contributed by atoms with E-state index < -0.39 is 0 Å². The number of carbonyl (C=O) groups excluding carboxylic acids is 2. The van der Waals surface area contributed by atoms with Crippen molar-refractivity contribution in [3.63, 3.8) is 0 Å². The van der Waals surface area contributed by atoms with Crippen LogP contribution in [-0.4, -0.2) is 44.2 Å². The predicted octanol–water partition coefficient (Wildman–Crippen LogP) is 3.04. The number of carbonyl (C=O) groups is 2. The number of para-hydroxylation sites is 2. The maximum absolute atomic E-state index is 12.2. The molecule has 2 aromatic carbocycles. The lowest BCUT2D eigenvalue weighted by atomic mass is 10.2. The number of anilines is 2. The van der Waals surface area contributed by atoms with Crippen LogP contribution in [0.4, 0.5) is 11.4 Å². The molecule has 3 rings (SSSR count). The quantitative estimate of drug-likeness (QED) is 0.605. The Morgan fingerprint density at radius 1 is 1.14 bits per heavy atom. The van der Waals surface area contributed by atoms with Crippen molar-refractivity contribution >= 4 is 23.2 Å². The minimum Gasteiger partial charge on any atom is -0.492 e. The molecule has 29 heavy (non-hydrogen) atoms. The Kier molecular flexibility index (Phi) is 7.47. The molecule has 0 bridgehead atoms. The third-order valence-corrected chi connectivity index (χ3v) is 4.58. The number of hydrogen-bond acceptors (Lipinski definition) is 5. The smallest absolute Gasteiger partial charge is 0.251 e. The molecular formula is C22H27N3O4. The van der Waals surface area contributed by atoms with E-state index in [1.807, 2.05) is 25.1 Å². The highest BCUT2D eigenvalue weighted by Crippen LogP contribution is 2.23. The van der Waals surface area contributed by atoms with E-state index in [9.17, 15) is 9.59 Å². The molecule has 154 valence electrons. The number of ether oxygens (including phenoxy) is 2. The van der Waals surface area contributed by atoms with Gasteiger partial charge in [-0.25, -0.2) is 0 Å². The average molecular weight is 397 g/mol. The van der Waals surface area contributed by atoms with Gasteiger partial charge in [0.2, 0.25) is 5.91 Å². The lowest BCUT2D eigenvalue weighted by Gasteiger charge is -2.12. The molecule has 2 aromatic rings. The van der Waals surface area contributed by atoms with Crippen molar-refractivity contribution in [1.82, 2.24) is 5.32 Å². The molecule has 3 N–H and O–H groups in total. The minimum atomic E-state index is -0.185. The Balaban J connectivity index is 1.46. The molecule has 0 radical (unpaired) electrons. The van der Waals surface area contributed by atoms with Crippen LogP contribution in [0.5, 0.6) is 5.75 Å². The van der Waals surface area contributed by atoms with Crippen molar-refractivity contribution in [3.8, 4) is 5.75 Å². The zero-order valence-electron chi connectivity index (χ0n) is 16.6. The summed E-state index contributed by atoms with van der Waals surface area (Å²) in [6, 6.07) is 14.3. The van der Waals surface area contributed by atoms with Gasteiger partial charge in [0.25, 0.3) is 5.91 Å². The molecule has 1 atom stereocenters. The molecule has 1 unspecified atom stereocenters. The van der Waals surface area contributed by atoms with Crippen LogP contribution < -0.4 is 20.7 Å². The summed E-state index contributed by atoms with van der Waals surface area (Å²) in [5.74, 6) is 0.328. The molecule has 1 saturated heterocycles. The molecule has 1 heterocycles. The number of nitrogens with one attached hydrogen (secondary N) is 3. The first kappa shape index (κ1) is 20.7. The summed E-state index contributed by atoms with van der Waals surface area (Å²) in [4.78, 5) is 24.4. The van der Waals surface area contributed by atoms with E-state index in [2.05, 4.69) is 16.0 Å². The molecule has 0 saturated carbocycles. The normalized spacial score (nSPS) is 15.6. The van der Waals surface area contributed by atoms with Gasteiger partial charge in [0, 0.05) is 24.4 Å². The highest BCUT2D eigenvalue weighted by molar-refractivity contribution is 5.96. The average Bonchev–Trinajstić information content (AvgIpc) is 3.26. The van der Waals surface area contributed by atoms with Crippen LogP contribution in [0, 0.1) is 0 Å². The molecule has 7 heteroatoms. The Morgan fingerprint density at radius 2 is 1.93 bits per heavy atom. The predicted molar refractivity (Wildman–Crippen MR) is 112 cm³/mol. The van der Waals surface area contributed by atoms with Gasteiger partial charge in [0.05, 0.1) is 24.9 Å². The van der Waals surface area contributed by atoms with Gasteiger partial charge < -0.3 is 25.4 Å². The van der Waals surface area contributed by atoms with Crippen LogP contribution in [0.25, 0.3) is 0 Å². The topological polar surface area (TPSA) is 88.7 Å². The van der Waals surface area contributed by atoms with E-state index in [4.69, 9.17) is 9.47 Å². The first-order valence-electron chi connectivity index (χ1n) is 9.91. The summed E-state index contributed by atoms with van der Waals surface area (Å²) in [5, 5.41) is 8.78. The Hall–Kier alpha value is -3.06. The zero-order valence-corrected chi connectivity index (χ0v) is 16.6. The van der Waals surface area contributed by atoms with E-state index in [1.165, 1.54) is 0 Å². The highest BCUT2D eigenvalue weighted by atomic mass is 16.5. The van der Waals surface area contributed by atoms with E-state index in [1.54, 1.807) is 30.3 Å². The largest absolute Gasteiger partial charge is 0.492 e. The van der Waals surface area contributed by atoms with Gasteiger partial charge in [-0.2, -0.15) is 0 Å². The van der Waals surface area contributed by atoms with Gasteiger partial charge in [-0.1, -0.05) is 12.1 Å². The maximum Gasteiger partial charge on any atom is 0.251 e. The van der Waals surface area contributed by atoms with Crippen LogP contribution in [0.15, 0.2) is 48.5 Å². The van der Waals surface area contributed by atoms with Gasteiger partial charge in [0.15, 0.2) is 0 Å². The standard InChI is InChI=1S/C22H27N3O4/c1-2-28-20-8-4-3-7-19(20)25-21(26)15-23-17-11-9-16(10-12-17)22(27)24-14-18-6-5-13-29-18/h3-4,7-12,18,23H,2,5-6,13-15H2,1H3,(H,24,27)(H,25,26). The highest BCUT2D eigenvalue weighted by Gasteiger charge is 2.16. The van der Waals surface area contributed by atoms with Gasteiger partial charge >= 0.3 is 0 Å². The number of benzene rings is 2. The van der Waals surface area contributed by atoms with Crippen LogP contribution in [0.2, 0.25) is 0 Å². The first-order chi connectivity index (χ1) is 14.2. The Bertz CT molecular complexity index is 817. The van der Waals surface area contributed by atoms with Crippen molar-refractivity contribution in [2.24, 2.45) is 0 Å². The fraction of sp³-hybridized carbons (Fsp3) is 0.364. The van der Waals surface area contributed by atoms with Crippen LogP contribution in [-0.2, 0) is 9.53 Å². The van der Waals surface area contributed by atoms with Crippen molar-refractivity contribution in [2.75, 3.05) is 36.9 Å². The van der Waals surface area contributed by atoms with Crippen LogP contribution >= 0.6 is 0 Å². The fourth-order valence-corrected chi connectivity index (χ4v) is 3.08. The molecule has 1 aliphatic heterocycles.